The molecule has 0 fully saturated rings. The zero-order valence-electron chi connectivity index (χ0n) is 2.94. The molecule has 0 saturated heterocycles. The van der Waals surface area contributed by atoms with Gasteiger partial charge in [0.25, 0.3) is 0 Å². The van der Waals surface area contributed by atoms with Crippen LogP contribution < -0.4 is 0 Å². The quantitative estimate of drug-likeness (QED) is 0.324. The predicted octanol–water partition coefficient (Wildman–Crippen LogP) is 0.855. The number of rotatable bonds is 1. The first kappa shape index (κ1) is 4.70. The zero-order valence-corrected chi connectivity index (χ0v) is 3.94. The third-order valence-corrected chi connectivity index (χ3v) is 0.425. The normalized spacial score (nSPS) is 9.00. The van der Waals surface area contributed by atoms with Gasteiger partial charge in [0.15, 0.2) is 0 Å². The summed E-state index contributed by atoms with van der Waals surface area (Å²) in [7, 11) is 3.10. The molecular weight excluding hydrogens is 76.1 g/mol. The van der Waals surface area contributed by atoms with Crippen LogP contribution in [0.25, 0.3) is 0 Å². The molecule has 0 aliphatic rings. The van der Waals surface area contributed by atoms with Crippen molar-refractivity contribution in [2.45, 2.75) is 0 Å². The Bertz CT molecular complexity index is 45.6. The highest BCUT2D eigenvalue weighted by Gasteiger charge is 1.42. The first-order valence-electron chi connectivity index (χ1n) is 1.36. The highest BCUT2D eigenvalue weighted by Crippen LogP contribution is 1.60. The Morgan fingerprint density at radius 3 is 2.20 bits per heavy atom. The summed E-state index contributed by atoms with van der Waals surface area (Å²) in [4.78, 5) is 0. The van der Waals surface area contributed by atoms with Gasteiger partial charge in [-0.15, -0.1) is 5.70 Å². The van der Waals surface area contributed by atoms with E-state index in [1.807, 2.05) is 0 Å². The Morgan fingerprint density at radius 1 is 1.60 bits per heavy atom. The van der Waals surface area contributed by atoms with Crippen molar-refractivity contribution in [2.75, 3.05) is 0 Å². The molecule has 0 nitrogen and oxygen atoms in total. The molecule has 3 radical (unpaired) electrons. The summed E-state index contributed by atoms with van der Waals surface area (Å²) in [6, 6.07) is 0. The van der Waals surface area contributed by atoms with E-state index in [9.17, 15) is 0 Å². The predicted molar refractivity (Wildman–Crippen MR) is 25.1 cm³/mol. The summed E-state index contributed by atoms with van der Waals surface area (Å²) in [5.74, 6) is 0. The van der Waals surface area contributed by atoms with E-state index < -0.39 is 0 Å². The van der Waals surface area contributed by atoms with Crippen LogP contribution in [0.1, 0.15) is 0 Å². The fourth-order valence-corrected chi connectivity index (χ4v) is 0.204. The molecular formula is C4H5Si. The lowest BCUT2D eigenvalue weighted by molar-refractivity contribution is 2.11. The van der Waals surface area contributed by atoms with Crippen LogP contribution in [0.4, 0.5) is 0 Å². The van der Waals surface area contributed by atoms with E-state index in [4.69, 9.17) is 0 Å². The van der Waals surface area contributed by atoms with Crippen molar-refractivity contribution in [2.24, 2.45) is 0 Å². The monoisotopic (exact) mass is 81.0 g/mol. The van der Waals surface area contributed by atoms with Crippen molar-refractivity contribution >= 4 is 10.2 Å². The van der Waals surface area contributed by atoms with Crippen LogP contribution in [0, 0.1) is 0 Å². The third-order valence-electron chi connectivity index (χ3n) is 0.232. The molecule has 0 aliphatic carbocycles. The molecule has 0 rings (SSSR count). The second-order valence-corrected chi connectivity index (χ2v) is 0.928. The van der Waals surface area contributed by atoms with Crippen molar-refractivity contribution in [1.82, 2.24) is 0 Å². The second-order valence-electron chi connectivity index (χ2n) is 0.595. The molecule has 25 valence electrons. The van der Waals surface area contributed by atoms with Gasteiger partial charge in [-0.05, 0) is 0 Å². The second kappa shape index (κ2) is 3.70. The fraction of sp³-hybridized carbons (Fsp3) is 0. The molecule has 0 aromatic carbocycles. The van der Waals surface area contributed by atoms with Crippen molar-refractivity contribution in [3.63, 3.8) is 0 Å². The minimum absolute atomic E-state index is 1.70. The molecule has 0 atom stereocenters. The maximum Gasteiger partial charge on any atom is 0.0600 e. The average Bonchev–Trinajstić information content (AvgIpc) is 1.41. The Morgan fingerprint density at radius 2 is 2.20 bits per heavy atom. The minimum Gasteiger partial charge on any atom is -0.102 e. The van der Waals surface area contributed by atoms with E-state index in [0.717, 1.165) is 0 Å². The van der Waals surface area contributed by atoms with Crippen LogP contribution in [-0.4, -0.2) is 10.2 Å². The van der Waals surface area contributed by atoms with Crippen LogP contribution in [-0.2, 0) is 0 Å². The smallest absolute Gasteiger partial charge is 0.0600 e. The number of hydrogen-bond acceptors (Lipinski definition) is 0. The molecule has 0 unspecified atom stereocenters. The molecule has 0 amide bonds. The number of allylic oxidation sites excluding steroid dienone is 2. The van der Waals surface area contributed by atoms with Crippen molar-refractivity contribution in [1.29, 1.82) is 0 Å². The zero-order chi connectivity index (χ0) is 4.12. The van der Waals surface area contributed by atoms with Crippen LogP contribution >= 0.6 is 0 Å². The summed E-state index contributed by atoms with van der Waals surface area (Å²) >= 11 is 0. The Kier molecular flexibility index (Phi) is 3.47. The van der Waals surface area contributed by atoms with E-state index in [1.54, 1.807) is 17.9 Å². The first-order chi connectivity index (χ1) is 2.41. The first-order valence-corrected chi connectivity index (χ1v) is 1.94. The Balaban J connectivity index is 2.92. The van der Waals surface area contributed by atoms with Gasteiger partial charge in [0.2, 0.25) is 0 Å². The lowest BCUT2D eigenvalue weighted by Gasteiger charge is -1.55. The third kappa shape index (κ3) is 3.70. The van der Waals surface area contributed by atoms with E-state index in [0.29, 0.717) is 0 Å². The topological polar surface area (TPSA) is 0 Å². The Hall–Kier alpha value is -0.303. The maximum atomic E-state index is 3.43. The number of hydrogen-bond donors (Lipinski definition) is 0. The minimum atomic E-state index is 1.70. The molecule has 0 heterocycles. The summed E-state index contributed by atoms with van der Waals surface area (Å²) in [5.41, 5.74) is 1.74. The lowest BCUT2D eigenvalue weighted by atomic mass is 10.6. The molecule has 0 bridgehead atoms. The van der Waals surface area contributed by atoms with Gasteiger partial charge in [-0.1, -0.05) is 18.7 Å². The highest BCUT2D eigenvalue weighted by molar-refractivity contribution is 6.17. The molecule has 0 aromatic heterocycles. The van der Waals surface area contributed by atoms with Crippen LogP contribution in [0.2, 0.25) is 0 Å². The van der Waals surface area contributed by atoms with Gasteiger partial charge in [-0.2, -0.15) is 0 Å². The maximum absolute atomic E-state index is 3.43. The van der Waals surface area contributed by atoms with E-state index >= 15 is 0 Å². The molecule has 5 heavy (non-hydrogen) atoms. The van der Waals surface area contributed by atoms with Crippen molar-refractivity contribution in [3.05, 3.63) is 24.4 Å². The highest BCUT2D eigenvalue weighted by atomic mass is 28.1. The summed E-state index contributed by atoms with van der Waals surface area (Å²) in [6.45, 7) is 3.43. The molecule has 0 aromatic rings. The molecule has 0 spiro atoms. The van der Waals surface area contributed by atoms with E-state index in [2.05, 4.69) is 16.8 Å². The van der Waals surface area contributed by atoms with E-state index in [1.165, 1.54) is 0 Å². The van der Waals surface area contributed by atoms with Gasteiger partial charge in [0.05, 0.1) is 10.2 Å². The summed E-state index contributed by atoms with van der Waals surface area (Å²) in [6.07, 6.45) is 3.50. The van der Waals surface area contributed by atoms with Gasteiger partial charge in [-0.3, -0.25) is 0 Å². The van der Waals surface area contributed by atoms with Gasteiger partial charge >= 0.3 is 0 Å². The Labute approximate surface area is 35.6 Å². The molecule has 0 N–H and O–H groups in total. The van der Waals surface area contributed by atoms with Crippen LogP contribution in [0.15, 0.2) is 24.4 Å². The summed E-state index contributed by atoms with van der Waals surface area (Å²) in [5, 5.41) is 0. The average molecular weight is 81.2 g/mol. The van der Waals surface area contributed by atoms with Crippen molar-refractivity contribution in [3.8, 4) is 0 Å². The molecule has 1 heteroatoms. The lowest BCUT2D eigenvalue weighted by Crippen LogP contribution is -1.43. The van der Waals surface area contributed by atoms with Gasteiger partial charge in [-0.25, -0.2) is 0 Å². The molecule has 0 saturated carbocycles. The fourth-order valence-electron chi connectivity index (χ4n) is 0.0680. The van der Waals surface area contributed by atoms with Gasteiger partial charge in [0, 0.05) is 0 Å². The SMILES string of the molecule is C=C/C=C\[Si]. The van der Waals surface area contributed by atoms with Crippen molar-refractivity contribution < 1.29 is 0 Å². The summed E-state index contributed by atoms with van der Waals surface area (Å²) < 4.78 is 0. The van der Waals surface area contributed by atoms with Gasteiger partial charge in [0.1, 0.15) is 0 Å². The van der Waals surface area contributed by atoms with Gasteiger partial charge < -0.3 is 0 Å². The largest absolute Gasteiger partial charge is 0.102 e. The van der Waals surface area contributed by atoms with Crippen LogP contribution in [0.5, 0.6) is 0 Å². The van der Waals surface area contributed by atoms with Crippen LogP contribution in [0.3, 0.4) is 0 Å². The van der Waals surface area contributed by atoms with E-state index in [-0.39, 0.29) is 0 Å². The standard InChI is InChI=1S/C4H5Si/c1-2-3-4-5/h2-4H,1H2/b4-3-. The molecule has 0 aliphatic heterocycles.